The lowest BCUT2D eigenvalue weighted by atomic mass is 10.2. The zero-order chi connectivity index (χ0) is 19.1. The molecule has 2 N–H and O–H groups in total. The van der Waals surface area contributed by atoms with Crippen LogP contribution in [0.2, 0.25) is 0 Å². The summed E-state index contributed by atoms with van der Waals surface area (Å²) in [4.78, 5) is 29.3. The molecule has 0 saturated carbocycles. The van der Waals surface area contributed by atoms with Gasteiger partial charge < -0.3 is 10.5 Å². The molecule has 2 heterocycles. The molecule has 27 heavy (non-hydrogen) atoms. The zero-order valence-electron chi connectivity index (χ0n) is 15.1. The fourth-order valence-corrected chi connectivity index (χ4v) is 3.14. The number of unbranched alkanes of at least 4 members (excludes halogenated alkanes) is 2. The Balaban J connectivity index is 1.72. The van der Waals surface area contributed by atoms with Gasteiger partial charge in [0, 0.05) is 5.56 Å². The SMILES string of the molecule is CCCCCOc1nc(N)nc2nc(SCC(=O)c3ccccc3)cnc12. The number of carbonyl (C=O) groups excluding carboxylic acids is 1. The number of thioether (sulfide) groups is 1. The number of aromatic nitrogens is 4. The second kappa shape index (κ2) is 9.27. The fraction of sp³-hybridized carbons (Fsp3) is 0.316. The summed E-state index contributed by atoms with van der Waals surface area (Å²) >= 11 is 1.31. The van der Waals surface area contributed by atoms with Crippen LogP contribution in [0.1, 0.15) is 36.5 Å². The molecule has 3 aromatic rings. The Morgan fingerprint density at radius 3 is 2.74 bits per heavy atom. The van der Waals surface area contributed by atoms with Crippen molar-refractivity contribution in [3.8, 4) is 5.88 Å². The van der Waals surface area contributed by atoms with Crippen molar-refractivity contribution in [3.63, 3.8) is 0 Å². The zero-order valence-corrected chi connectivity index (χ0v) is 15.9. The topological polar surface area (TPSA) is 104 Å². The summed E-state index contributed by atoms with van der Waals surface area (Å²) in [6, 6.07) is 9.16. The second-order valence-electron chi connectivity index (χ2n) is 5.90. The third-order valence-electron chi connectivity index (χ3n) is 3.80. The predicted octanol–water partition coefficient (Wildman–Crippen LogP) is 3.55. The Morgan fingerprint density at radius 2 is 1.96 bits per heavy atom. The van der Waals surface area contributed by atoms with Crippen molar-refractivity contribution in [2.24, 2.45) is 0 Å². The Morgan fingerprint density at radius 1 is 1.15 bits per heavy atom. The number of benzene rings is 1. The normalized spacial score (nSPS) is 10.9. The van der Waals surface area contributed by atoms with Crippen molar-refractivity contribution in [3.05, 3.63) is 42.1 Å². The quantitative estimate of drug-likeness (QED) is 0.340. The number of anilines is 1. The first-order valence-corrected chi connectivity index (χ1v) is 9.80. The van der Waals surface area contributed by atoms with Crippen molar-refractivity contribution >= 4 is 34.7 Å². The third kappa shape index (κ3) is 5.13. The van der Waals surface area contributed by atoms with E-state index in [1.54, 1.807) is 18.3 Å². The maximum Gasteiger partial charge on any atom is 0.247 e. The number of nitrogens with zero attached hydrogens (tertiary/aromatic N) is 4. The summed E-state index contributed by atoms with van der Waals surface area (Å²) in [5.41, 5.74) is 7.28. The highest BCUT2D eigenvalue weighted by atomic mass is 32.2. The van der Waals surface area contributed by atoms with Crippen molar-refractivity contribution < 1.29 is 9.53 Å². The number of nitrogens with two attached hydrogens (primary N) is 1. The minimum absolute atomic E-state index is 0.0321. The van der Waals surface area contributed by atoms with Crippen LogP contribution >= 0.6 is 11.8 Å². The van der Waals surface area contributed by atoms with Gasteiger partial charge in [0.05, 0.1) is 18.6 Å². The van der Waals surface area contributed by atoms with Crippen molar-refractivity contribution in [2.45, 2.75) is 31.2 Å². The first kappa shape index (κ1) is 19.0. The van der Waals surface area contributed by atoms with E-state index in [-0.39, 0.29) is 17.5 Å². The molecule has 0 atom stereocenters. The van der Waals surface area contributed by atoms with Gasteiger partial charge in [-0.15, -0.1) is 0 Å². The molecule has 7 nitrogen and oxygen atoms in total. The van der Waals surface area contributed by atoms with E-state index >= 15 is 0 Å². The van der Waals surface area contributed by atoms with Gasteiger partial charge >= 0.3 is 0 Å². The van der Waals surface area contributed by atoms with Gasteiger partial charge in [0.25, 0.3) is 0 Å². The van der Waals surface area contributed by atoms with Gasteiger partial charge in [0.15, 0.2) is 16.9 Å². The van der Waals surface area contributed by atoms with Crippen molar-refractivity contribution in [2.75, 3.05) is 18.1 Å². The molecule has 0 unspecified atom stereocenters. The van der Waals surface area contributed by atoms with E-state index in [4.69, 9.17) is 10.5 Å². The molecule has 0 saturated heterocycles. The summed E-state index contributed by atoms with van der Waals surface area (Å²) in [6.45, 7) is 2.68. The molecular formula is C19H21N5O2S. The molecule has 3 rings (SSSR count). The highest BCUT2D eigenvalue weighted by Crippen LogP contribution is 2.24. The molecule has 0 radical (unpaired) electrons. The van der Waals surface area contributed by atoms with Gasteiger partial charge in [-0.05, 0) is 6.42 Å². The molecule has 140 valence electrons. The number of Topliss-reactive ketones (excluding diaryl/α,β-unsaturated/α-hetero) is 1. The van der Waals surface area contributed by atoms with Crippen LogP contribution < -0.4 is 10.5 Å². The largest absolute Gasteiger partial charge is 0.476 e. The Hall–Kier alpha value is -2.74. The average molecular weight is 383 g/mol. The van der Waals surface area contributed by atoms with Crippen LogP contribution in [-0.2, 0) is 0 Å². The molecule has 1 aromatic carbocycles. The van der Waals surface area contributed by atoms with Gasteiger partial charge in [-0.2, -0.15) is 9.97 Å². The number of rotatable bonds is 9. The van der Waals surface area contributed by atoms with Gasteiger partial charge in [0.1, 0.15) is 5.03 Å². The van der Waals surface area contributed by atoms with Crippen LogP contribution in [0.15, 0.2) is 41.6 Å². The molecule has 0 bridgehead atoms. The monoisotopic (exact) mass is 383 g/mol. The first-order valence-electron chi connectivity index (χ1n) is 8.81. The third-order valence-corrected chi connectivity index (χ3v) is 4.70. The van der Waals surface area contributed by atoms with E-state index in [1.807, 2.05) is 18.2 Å². The number of ketones is 1. The number of ether oxygens (including phenoxy) is 1. The van der Waals surface area contributed by atoms with E-state index in [2.05, 4.69) is 26.9 Å². The number of nitrogen functional groups attached to an aromatic ring is 1. The number of carbonyl (C=O) groups is 1. The second-order valence-corrected chi connectivity index (χ2v) is 6.90. The minimum atomic E-state index is 0.0321. The Labute approximate surface area is 161 Å². The standard InChI is InChI=1S/C19H21N5O2S/c1-2-3-7-10-26-18-16-17(23-19(20)24-18)22-15(11-21-16)27-12-14(25)13-8-5-4-6-9-13/h4-6,8-9,11H,2-3,7,10,12H2,1H3,(H2,20,22,23,24). The predicted molar refractivity (Wildman–Crippen MR) is 106 cm³/mol. The molecule has 0 aliphatic carbocycles. The van der Waals surface area contributed by atoms with Gasteiger partial charge in [-0.25, -0.2) is 9.97 Å². The Kier molecular flexibility index (Phi) is 6.54. The van der Waals surface area contributed by atoms with E-state index in [9.17, 15) is 4.79 Å². The van der Waals surface area contributed by atoms with E-state index in [1.165, 1.54) is 11.8 Å². The fourth-order valence-electron chi connectivity index (χ4n) is 2.42. The maximum absolute atomic E-state index is 12.2. The lowest BCUT2D eigenvalue weighted by Crippen LogP contribution is -2.06. The van der Waals surface area contributed by atoms with Crippen LogP contribution in [0.5, 0.6) is 5.88 Å². The highest BCUT2D eigenvalue weighted by Gasteiger charge is 2.13. The first-order chi connectivity index (χ1) is 13.2. The van der Waals surface area contributed by atoms with Gasteiger partial charge in [-0.1, -0.05) is 61.9 Å². The van der Waals surface area contributed by atoms with Gasteiger partial charge in [0.2, 0.25) is 11.8 Å². The molecule has 8 heteroatoms. The Bertz CT molecular complexity index is 921. The molecule has 0 fully saturated rings. The summed E-state index contributed by atoms with van der Waals surface area (Å²) in [6.07, 6.45) is 4.73. The molecular weight excluding hydrogens is 362 g/mol. The van der Waals surface area contributed by atoms with Crippen LogP contribution in [0.3, 0.4) is 0 Å². The van der Waals surface area contributed by atoms with E-state index in [0.29, 0.717) is 34.2 Å². The summed E-state index contributed by atoms with van der Waals surface area (Å²) in [5, 5.41) is 0.599. The van der Waals surface area contributed by atoms with Crippen molar-refractivity contribution in [1.29, 1.82) is 0 Å². The number of fused-ring (bicyclic) bond motifs is 1. The van der Waals surface area contributed by atoms with Crippen LogP contribution in [0.4, 0.5) is 5.95 Å². The summed E-state index contributed by atoms with van der Waals surface area (Å²) < 4.78 is 5.70. The molecule has 0 amide bonds. The number of hydrogen-bond donors (Lipinski definition) is 1. The van der Waals surface area contributed by atoms with E-state index in [0.717, 1.165) is 19.3 Å². The summed E-state index contributed by atoms with van der Waals surface area (Å²) in [5.74, 6) is 0.734. The van der Waals surface area contributed by atoms with Crippen molar-refractivity contribution in [1.82, 2.24) is 19.9 Å². The van der Waals surface area contributed by atoms with Crippen LogP contribution in [-0.4, -0.2) is 38.1 Å². The minimum Gasteiger partial charge on any atom is -0.476 e. The highest BCUT2D eigenvalue weighted by molar-refractivity contribution is 7.99. The van der Waals surface area contributed by atoms with E-state index < -0.39 is 0 Å². The number of hydrogen-bond acceptors (Lipinski definition) is 8. The summed E-state index contributed by atoms with van der Waals surface area (Å²) in [7, 11) is 0. The lowest BCUT2D eigenvalue weighted by molar-refractivity contribution is 0.102. The smallest absolute Gasteiger partial charge is 0.247 e. The maximum atomic E-state index is 12.2. The molecule has 2 aromatic heterocycles. The molecule has 0 aliphatic heterocycles. The van der Waals surface area contributed by atoms with Crippen LogP contribution in [0, 0.1) is 0 Å². The van der Waals surface area contributed by atoms with Crippen LogP contribution in [0.25, 0.3) is 11.2 Å². The lowest BCUT2D eigenvalue weighted by Gasteiger charge is -2.08. The average Bonchev–Trinajstić information content (AvgIpc) is 2.69. The van der Waals surface area contributed by atoms with Gasteiger partial charge in [-0.3, -0.25) is 4.79 Å². The molecule has 0 aliphatic rings. The molecule has 0 spiro atoms.